The molecule has 0 atom stereocenters. The molecule has 3 heteroatoms. The van der Waals surface area contributed by atoms with Gasteiger partial charge in [-0.3, -0.25) is 0 Å². The smallest absolute Gasteiger partial charge is 0.144 e. The van der Waals surface area contributed by atoms with Crippen molar-refractivity contribution in [2.45, 2.75) is 38.2 Å². The minimum atomic E-state index is 0.319. The Morgan fingerprint density at radius 2 is 1.93 bits per heavy atom. The summed E-state index contributed by atoms with van der Waals surface area (Å²) >= 11 is 5.93. The third-order valence-corrected chi connectivity index (χ3v) is 3.19. The summed E-state index contributed by atoms with van der Waals surface area (Å²) in [6.45, 7) is 0. The Morgan fingerprint density at radius 3 is 2.67 bits per heavy atom. The molecule has 0 radical (unpaired) electrons. The number of anilines is 1. The van der Waals surface area contributed by atoms with E-state index >= 15 is 0 Å². The van der Waals surface area contributed by atoms with Gasteiger partial charge in [0, 0.05) is 0 Å². The Morgan fingerprint density at radius 1 is 1.20 bits per heavy atom. The molecule has 82 valence electrons. The largest absolute Gasteiger partial charge is 0.488 e. The predicted molar refractivity (Wildman–Crippen MR) is 63.4 cm³/mol. The Bertz CT molecular complexity index is 334. The Balaban J connectivity index is 2.06. The number of nitrogens with two attached hydrogens (primary N) is 1. The van der Waals surface area contributed by atoms with Crippen molar-refractivity contribution in [1.29, 1.82) is 0 Å². The minimum Gasteiger partial charge on any atom is -0.488 e. The highest BCUT2D eigenvalue weighted by Crippen LogP contribution is 2.31. The fraction of sp³-hybridized carbons (Fsp3) is 0.500. The fourth-order valence-corrected chi connectivity index (χ4v) is 2.15. The third kappa shape index (κ3) is 2.57. The van der Waals surface area contributed by atoms with Gasteiger partial charge in [-0.1, -0.05) is 24.1 Å². The summed E-state index contributed by atoms with van der Waals surface area (Å²) in [7, 11) is 0. The van der Waals surface area contributed by atoms with Crippen LogP contribution in [0.25, 0.3) is 0 Å². The summed E-state index contributed by atoms with van der Waals surface area (Å²) in [6.07, 6.45) is 6.42. The maximum absolute atomic E-state index is 5.93. The first-order valence-electron chi connectivity index (χ1n) is 5.48. The Labute approximate surface area is 95.4 Å². The second-order valence-electron chi connectivity index (χ2n) is 4.03. The molecule has 2 rings (SSSR count). The molecule has 0 aromatic heterocycles. The summed E-state index contributed by atoms with van der Waals surface area (Å²) in [5.74, 6) is 0.731. The van der Waals surface area contributed by atoms with E-state index < -0.39 is 0 Å². The molecule has 0 aliphatic heterocycles. The van der Waals surface area contributed by atoms with Gasteiger partial charge in [0.1, 0.15) is 5.75 Å². The molecule has 1 aromatic carbocycles. The maximum Gasteiger partial charge on any atom is 0.144 e. The molecule has 15 heavy (non-hydrogen) atoms. The van der Waals surface area contributed by atoms with Gasteiger partial charge in [-0.2, -0.15) is 0 Å². The van der Waals surface area contributed by atoms with Crippen molar-refractivity contribution >= 4 is 17.3 Å². The van der Waals surface area contributed by atoms with E-state index in [9.17, 15) is 0 Å². The number of ether oxygens (including phenoxy) is 1. The van der Waals surface area contributed by atoms with Crippen LogP contribution in [-0.2, 0) is 0 Å². The first-order valence-corrected chi connectivity index (χ1v) is 5.86. The predicted octanol–water partition coefficient (Wildman–Crippen LogP) is 3.63. The first-order chi connectivity index (χ1) is 7.27. The summed E-state index contributed by atoms with van der Waals surface area (Å²) < 4.78 is 5.86. The van der Waals surface area contributed by atoms with Gasteiger partial charge >= 0.3 is 0 Å². The number of nitrogen functional groups attached to an aromatic ring is 1. The van der Waals surface area contributed by atoms with Crippen LogP contribution in [0.4, 0.5) is 5.69 Å². The molecule has 1 aliphatic rings. The standard InChI is InChI=1S/C12H16ClNO/c13-10-7-4-8-11(12(10)14)15-9-5-2-1-3-6-9/h4,7-9H,1-3,5-6,14H2. The van der Waals surface area contributed by atoms with E-state index in [0.717, 1.165) is 18.6 Å². The van der Waals surface area contributed by atoms with Crippen molar-refractivity contribution in [3.8, 4) is 5.75 Å². The number of benzene rings is 1. The van der Waals surface area contributed by atoms with E-state index in [0.29, 0.717) is 16.8 Å². The van der Waals surface area contributed by atoms with Crippen molar-refractivity contribution in [3.05, 3.63) is 23.2 Å². The van der Waals surface area contributed by atoms with Crippen LogP contribution < -0.4 is 10.5 Å². The zero-order chi connectivity index (χ0) is 10.7. The molecule has 2 nitrogen and oxygen atoms in total. The molecule has 0 saturated heterocycles. The molecule has 0 heterocycles. The van der Waals surface area contributed by atoms with Gasteiger partial charge in [0.25, 0.3) is 0 Å². The monoisotopic (exact) mass is 225 g/mol. The molecule has 1 fully saturated rings. The van der Waals surface area contributed by atoms with Gasteiger partial charge in [0.05, 0.1) is 16.8 Å². The van der Waals surface area contributed by atoms with E-state index in [4.69, 9.17) is 22.1 Å². The summed E-state index contributed by atoms with van der Waals surface area (Å²) in [5.41, 5.74) is 6.40. The van der Waals surface area contributed by atoms with Gasteiger partial charge in [-0.05, 0) is 37.8 Å². The van der Waals surface area contributed by atoms with Crippen LogP contribution in [0.3, 0.4) is 0 Å². The highest BCUT2D eigenvalue weighted by molar-refractivity contribution is 6.33. The van der Waals surface area contributed by atoms with Crippen molar-refractivity contribution in [2.75, 3.05) is 5.73 Å². The molecule has 0 amide bonds. The molecule has 0 unspecified atom stereocenters. The second kappa shape index (κ2) is 4.75. The van der Waals surface area contributed by atoms with Gasteiger partial charge < -0.3 is 10.5 Å². The van der Waals surface area contributed by atoms with E-state index in [1.807, 2.05) is 12.1 Å². The van der Waals surface area contributed by atoms with E-state index in [1.54, 1.807) is 6.07 Å². The number of para-hydroxylation sites is 1. The maximum atomic E-state index is 5.93. The van der Waals surface area contributed by atoms with E-state index in [2.05, 4.69) is 0 Å². The first kappa shape index (κ1) is 10.6. The van der Waals surface area contributed by atoms with Crippen LogP contribution in [0.1, 0.15) is 32.1 Å². The molecular formula is C12H16ClNO. The van der Waals surface area contributed by atoms with Crippen molar-refractivity contribution in [1.82, 2.24) is 0 Å². The normalized spacial score (nSPS) is 17.7. The Hall–Kier alpha value is -0.890. The molecule has 0 bridgehead atoms. The quantitative estimate of drug-likeness (QED) is 0.780. The van der Waals surface area contributed by atoms with Crippen molar-refractivity contribution < 1.29 is 4.74 Å². The molecule has 0 spiro atoms. The van der Waals surface area contributed by atoms with Crippen LogP contribution in [0.5, 0.6) is 5.75 Å². The zero-order valence-electron chi connectivity index (χ0n) is 8.71. The van der Waals surface area contributed by atoms with Crippen LogP contribution in [0, 0.1) is 0 Å². The van der Waals surface area contributed by atoms with E-state index in [1.165, 1.54) is 19.3 Å². The SMILES string of the molecule is Nc1c(Cl)cccc1OC1CCCCC1. The van der Waals surface area contributed by atoms with Gasteiger partial charge in [0.2, 0.25) is 0 Å². The molecule has 1 aromatic rings. The van der Waals surface area contributed by atoms with Crippen LogP contribution >= 0.6 is 11.6 Å². The fourth-order valence-electron chi connectivity index (χ4n) is 1.98. The van der Waals surface area contributed by atoms with Crippen LogP contribution in [-0.4, -0.2) is 6.10 Å². The lowest BCUT2D eigenvalue weighted by molar-refractivity contribution is 0.156. The van der Waals surface area contributed by atoms with E-state index in [-0.39, 0.29) is 0 Å². The number of rotatable bonds is 2. The molecule has 1 aliphatic carbocycles. The van der Waals surface area contributed by atoms with Gasteiger partial charge in [-0.25, -0.2) is 0 Å². The highest BCUT2D eigenvalue weighted by atomic mass is 35.5. The summed E-state index contributed by atoms with van der Waals surface area (Å²) in [6, 6.07) is 5.54. The van der Waals surface area contributed by atoms with Gasteiger partial charge in [0.15, 0.2) is 0 Å². The average Bonchev–Trinajstić information content (AvgIpc) is 2.26. The highest BCUT2D eigenvalue weighted by Gasteiger charge is 2.16. The number of hydrogen-bond donors (Lipinski definition) is 1. The lowest BCUT2D eigenvalue weighted by Gasteiger charge is -2.23. The minimum absolute atomic E-state index is 0.319. The summed E-state index contributed by atoms with van der Waals surface area (Å²) in [4.78, 5) is 0. The molecular weight excluding hydrogens is 210 g/mol. The third-order valence-electron chi connectivity index (χ3n) is 2.86. The number of halogens is 1. The second-order valence-corrected chi connectivity index (χ2v) is 4.44. The Kier molecular flexibility index (Phi) is 3.37. The van der Waals surface area contributed by atoms with Crippen LogP contribution in [0.15, 0.2) is 18.2 Å². The lowest BCUT2D eigenvalue weighted by Crippen LogP contribution is -2.20. The van der Waals surface area contributed by atoms with Crippen LogP contribution in [0.2, 0.25) is 5.02 Å². The van der Waals surface area contributed by atoms with Crippen molar-refractivity contribution in [3.63, 3.8) is 0 Å². The summed E-state index contributed by atoms with van der Waals surface area (Å²) in [5, 5.41) is 0.573. The van der Waals surface area contributed by atoms with Crippen molar-refractivity contribution in [2.24, 2.45) is 0 Å². The molecule has 1 saturated carbocycles. The van der Waals surface area contributed by atoms with Gasteiger partial charge in [-0.15, -0.1) is 0 Å². The lowest BCUT2D eigenvalue weighted by atomic mass is 9.98. The topological polar surface area (TPSA) is 35.2 Å². The zero-order valence-corrected chi connectivity index (χ0v) is 9.46. The number of hydrogen-bond acceptors (Lipinski definition) is 2. The average molecular weight is 226 g/mol. The molecule has 2 N–H and O–H groups in total.